The van der Waals surface area contributed by atoms with Crippen molar-refractivity contribution in [3.8, 4) is 17.2 Å². The molecular weight excluding hydrogens is 829 g/mol. The fourth-order valence-electron chi connectivity index (χ4n) is 5.81. The quantitative estimate of drug-likeness (QED) is 0.0578. The number of nitrogens with zero attached hydrogens (tertiary/aromatic N) is 4. The lowest BCUT2D eigenvalue weighted by Gasteiger charge is -2.18. The van der Waals surface area contributed by atoms with Gasteiger partial charge in [0.25, 0.3) is 23.6 Å². The van der Waals surface area contributed by atoms with Gasteiger partial charge in [0.1, 0.15) is 23.2 Å². The molecule has 0 aliphatic carbocycles. The van der Waals surface area contributed by atoms with Crippen LogP contribution in [0.5, 0.6) is 17.2 Å². The Bertz CT molecular complexity index is 2700. The molecule has 0 unspecified atom stereocenters. The van der Waals surface area contributed by atoms with Gasteiger partial charge in [-0.05, 0) is 105 Å². The van der Waals surface area contributed by atoms with Crippen molar-refractivity contribution in [2.45, 2.75) is 39.3 Å². The van der Waals surface area contributed by atoms with Crippen LogP contribution in [0.4, 0.5) is 22.7 Å². The highest BCUT2D eigenvalue weighted by atomic mass is 16.5. The highest BCUT2D eigenvalue weighted by Gasteiger charge is 2.25. The van der Waals surface area contributed by atoms with Gasteiger partial charge >= 0.3 is 5.97 Å². The molecule has 3 aromatic carbocycles. The maximum Gasteiger partial charge on any atom is 0.335 e. The van der Waals surface area contributed by atoms with Gasteiger partial charge in [0.15, 0.2) is 11.5 Å². The van der Waals surface area contributed by atoms with Crippen LogP contribution < -0.4 is 31.3 Å². The molecule has 20 heteroatoms. The van der Waals surface area contributed by atoms with E-state index in [9.17, 15) is 39.0 Å². The number of amides is 5. The SMILES string of the molecule is C/C(=C\c1ccc(O)cc1)C(=O)Nc1ccc(C(=O)N[C@@H](Cc2c[nH]nn2)C(=O)Nc2ccc(C(=O)Nc3ccc(C(=O)Nc4ccc(C(=O)O)cc4)c(O)c3OC(C)C)nc2)nc1. The smallest absolute Gasteiger partial charge is 0.335 e. The molecule has 1 atom stereocenters. The van der Waals surface area contributed by atoms with Gasteiger partial charge in [0.2, 0.25) is 5.91 Å². The second kappa shape index (κ2) is 20.1. The van der Waals surface area contributed by atoms with Crippen molar-refractivity contribution in [2.75, 3.05) is 21.3 Å². The second-order valence-corrected chi connectivity index (χ2v) is 14.2. The van der Waals surface area contributed by atoms with Crippen LogP contribution in [-0.2, 0) is 16.0 Å². The predicted octanol–water partition coefficient (Wildman–Crippen LogP) is 5.02. The molecule has 0 aliphatic heterocycles. The summed E-state index contributed by atoms with van der Waals surface area (Å²) < 4.78 is 5.78. The number of carbonyl (C=O) groups excluding carboxylic acids is 5. The van der Waals surface area contributed by atoms with Crippen LogP contribution in [0.1, 0.15) is 73.7 Å². The topological polar surface area (TPSA) is 300 Å². The van der Waals surface area contributed by atoms with Crippen LogP contribution in [0.15, 0.2) is 109 Å². The minimum atomic E-state index is -1.19. The maximum atomic E-state index is 13.6. The first kappa shape index (κ1) is 44.6. The number of aromatic amines is 1. The Kier molecular flexibility index (Phi) is 14.0. The van der Waals surface area contributed by atoms with E-state index < -0.39 is 53.4 Å². The fourth-order valence-corrected chi connectivity index (χ4v) is 5.81. The molecule has 326 valence electrons. The van der Waals surface area contributed by atoms with E-state index in [2.05, 4.69) is 52.0 Å². The number of aromatic carboxylic acids is 1. The number of ether oxygens (including phenoxy) is 1. The first-order valence-corrected chi connectivity index (χ1v) is 19.3. The number of nitrogens with one attached hydrogen (secondary N) is 6. The summed E-state index contributed by atoms with van der Waals surface area (Å²) in [7, 11) is 0. The predicted molar refractivity (Wildman–Crippen MR) is 232 cm³/mol. The average Bonchev–Trinajstić information content (AvgIpc) is 3.79. The standard InChI is InChI=1S/C44H40N10O10/c1-23(2)64-38-33(17-14-32(37(38)56)40(58)48-27-8-6-26(7-9-27)44(62)63)51-41(59)34-16-11-29(21-46-34)50-43(61)36(19-30-22-47-54-53-30)52-42(60)35-15-10-28(20-45-35)49-39(57)24(3)18-25-4-12-31(55)13-5-25/h4-18,20-23,36,55-56H,19H2,1-3H3,(H,48,58)(H,49,57)(H,50,61)(H,51,59)(H,52,60)(H,62,63)(H,47,53,54)/b24-18+/t36-/m0/s1. The zero-order valence-corrected chi connectivity index (χ0v) is 34.2. The van der Waals surface area contributed by atoms with Gasteiger partial charge in [-0.1, -0.05) is 17.3 Å². The van der Waals surface area contributed by atoms with Crippen molar-refractivity contribution in [1.82, 2.24) is 30.7 Å². The lowest BCUT2D eigenvalue weighted by Crippen LogP contribution is -2.45. The summed E-state index contributed by atoms with van der Waals surface area (Å²) in [6, 6.07) is 18.8. The number of carboxylic acids is 1. The molecule has 0 radical (unpaired) electrons. The molecule has 20 nitrogen and oxygen atoms in total. The minimum Gasteiger partial charge on any atom is -0.508 e. The van der Waals surface area contributed by atoms with Gasteiger partial charge < -0.3 is 46.6 Å². The highest BCUT2D eigenvalue weighted by molar-refractivity contribution is 6.09. The molecule has 0 aliphatic rings. The maximum absolute atomic E-state index is 13.6. The number of phenols is 2. The van der Waals surface area contributed by atoms with Crippen molar-refractivity contribution in [1.29, 1.82) is 0 Å². The van der Waals surface area contributed by atoms with E-state index >= 15 is 0 Å². The van der Waals surface area contributed by atoms with E-state index in [0.29, 0.717) is 22.5 Å². The largest absolute Gasteiger partial charge is 0.508 e. The lowest BCUT2D eigenvalue weighted by atomic mass is 10.1. The first-order chi connectivity index (χ1) is 30.6. The molecule has 0 spiro atoms. The van der Waals surface area contributed by atoms with Crippen molar-refractivity contribution >= 4 is 64.3 Å². The van der Waals surface area contributed by atoms with Crippen LogP contribution in [0.25, 0.3) is 6.08 Å². The number of rotatable bonds is 16. The van der Waals surface area contributed by atoms with Crippen LogP contribution in [0.2, 0.25) is 0 Å². The summed E-state index contributed by atoms with van der Waals surface area (Å²) in [5.74, 6) is -5.02. The van der Waals surface area contributed by atoms with Gasteiger partial charge in [0, 0.05) is 23.9 Å². The Morgan fingerprint density at radius 2 is 1.38 bits per heavy atom. The highest BCUT2D eigenvalue weighted by Crippen LogP contribution is 2.39. The molecule has 0 saturated carbocycles. The molecule has 6 rings (SSSR count). The van der Waals surface area contributed by atoms with E-state index in [1.807, 2.05) is 0 Å². The summed E-state index contributed by atoms with van der Waals surface area (Å²) in [6.45, 7) is 4.98. The van der Waals surface area contributed by atoms with E-state index in [1.165, 1.54) is 91.4 Å². The Morgan fingerprint density at radius 3 is 1.97 bits per heavy atom. The lowest BCUT2D eigenvalue weighted by molar-refractivity contribution is -0.118. The molecule has 0 fully saturated rings. The monoisotopic (exact) mass is 868 g/mol. The number of pyridine rings is 2. The third kappa shape index (κ3) is 11.7. The number of aromatic nitrogens is 5. The molecule has 3 aromatic heterocycles. The zero-order chi connectivity index (χ0) is 45.9. The van der Waals surface area contributed by atoms with Crippen molar-refractivity contribution in [3.05, 3.63) is 143 Å². The summed E-state index contributed by atoms with van der Waals surface area (Å²) in [6.07, 6.45) is 5.05. The third-order valence-corrected chi connectivity index (χ3v) is 9.02. The van der Waals surface area contributed by atoms with Crippen molar-refractivity contribution in [2.24, 2.45) is 0 Å². The second-order valence-electron chi connectivity index (χ2n) is 14.2. The third-order valence-electron chi connectivity index (χ3n) is 9.02. The van der Waals surface area contributed by atoms with Gasteiger partial charge in [0.05, 0.1) is 52.4 Å². The van der Waals surface area contributed by atoms with E-state index in [-0.39, 0.29) is 57.5 Å². The summed E-state index contributed by atoms with van der Waals surface area (Å²) >= 11 is 0. The number of hydrogen-bond donors (Lipinski definition) is 9. The van der Waals surface area contributed by atoms with Gasteiger partial charge in [-0.25, -0.2) is 14.8 Å². The van der Waals surface area contributed by atoms with Crippen LogP contribution in [0, 0.1) is 0 Å². The number of aromatic hydroxyl groups is 2. The molecule has 9 N–H and O–H groups in total. The number of H-pyrrole nitrogens is 1. The number of carboxylic acid groups (broad SMARTS) is 1. The Morgan fingerprint density at radius 1 is 0.734 bits per heavy atom. The Balaban J connectivity index is 1.09. The van der Waals surface area contributed by atoms with Crippen LogP contribution in [-0.4, -0.2) is 88.3 Å². The van der Waals surface area contributed by atoms with Crippen LogP contribution in [0.3, 0.4) is 0 Å². The number of anilines is 4. The molecule has 0 saturated heterocycles. The van der Waals surface area contributed by atoms with Gasteiger partial charge in [-0.15, -0.1) is 5.10 Å². The number of benzene rings is 3. The zero-order valence-electron chi connectivity index (χ0n) is 34.2. The summed E-state index contributed by atoms with van der Waals surface area (Å²) in [5, 5.41) is 53.0. The summed E-state index contributed by atoms with van der Waals surface area (Å²) in [4.78, 5) is 85.5. The summed E-state index contributed by atoms with van der Waals surface area (Å²) in [5.41, 5.74) is 1.92. The van der Waals surface area contributed by atoms with E-state index in [4.69, 9.17) is 9.84 Å². The molecule has 0 bridgehead atoms. The van der Waals surface area contributed by atoms with E-state index in [0.717, 1.165) is 0 Å². The molecule has 3 heterocycles. The van der Waals surface area contributed by atoms with Crippen molar-refractivity contribution < 1.29 is 48.8 Å². The molecule has 6 aromatic rings. The number of carbonyl (C=O) groups is 6. The number of phenolic OH excluding ortho intramolecular Hbond substituents is 2. The Labute approximate surface area is 363 Å². The molecule has 64 heavy (non-hydrogen) atoms. The molecular formula is C44H40N10O10. The van der Waals surface area contributed by atoms with E-state index in [1.54, 1.807) is 39.0 Å². The number of hydrogen-bond acceptors (Lipinski definition) is 13. The fraction of sp³-hybridized carbons (Fsp3) is 0.136. The van der Waals surface area contributed by atoms with Crippen LogP contribution >= 0.6 is 0 Å². The van der Waals surface area contributed by atoms with Gasteiger partial charge in [-0.3, -0.25) is 29.1 Å². The minimum absolute atomic E-state index is 0.0206. The van der Waals surface area contributed by atoms with Crippen molar-refractivity contribution in [3.63, 3.8) is 0 Å². The average molecular weight is 869 g/mol. The van der Waals surface area contributed by atoms with Gasteiger partial charge in [-0.2, -0.15) is 0 Å². The Hall–Kier alpha value is -8.94. The first-order valence-electron chi connectivity index (χ1n) is 19.3. The molecule has 5 amide bonds. The normalized spacial score (nSPS) is 11.5.